The monoisotopic (exact) mass is 287 g/mol. The van der Waals surface area contributed by atoms with Gasteiger partial charge in [-0.1, -0.05) is 12.1 Å². The van der Waals surface area contributed by atoms with E-state index >= 15 is 0 Å². The predicted octanol–water partition coefficient (Wildman–Crippen LogP) is 2.79. The molecule has 0 saturated heterocycles. The summed E-state index contributed by atoms with van der Waals surface area (Å²) in [6.07, 6.45) is 1.74. The second-order valence-corrected chi connectivity index (χ2v) is 5.65. The van der Waals surface area contributed by atoms with Gasteiger partial charge in [0.05, 0.1) is 6.26 Å². The van der Waals surface area contributed by atoms with E-state index in [2.05, 4.69) is 41.1 Å². The minimum Gasteiger partial charge on any atom is -0.469 e. The molecule has 2 aromatic rings. The predicted molar refractivity (Wildman–Crippen MR) is 87.5 cm³/mol. The first-order chi connectivity index (χ1) is 10.0. The zero-order valence-electron chi connectivity index (χ0n) is 13.3. The molecule has 1 aromatic heterocycles. The van der Waals surface area contributed by atoms with E-state index in [0.29, 0.717) is 6.54 Å². The van der Waals surface area contributed by atoms with Gasteiger partial charge in [0, 0.05) is 44.5 Å². The Hall–Kier alpha value is -1.78. The van der Waals surface area contributed by atoms with Gasteiger partial charge in [0.15, 0.2) is 0 Å². The number of hydrogen-bond acceptors (Lipinski definition) is 4. The summed E-state index contributed by atoms with van der Waals surface area (Å²) < 4.78 is 5.36. The molecule has 2 rings (SSSR count). The summed E-state index contributed by atoms with van der Waals surface area (Å²) in [6, 6.07) is 10.8. The number of benzene rings is 1. The lowest BCUT2D eigenvalue weighted by molar-refractivity contribution is 0.240. The van der Waals surface area contributed by atoms with Gasteiger partial charge in [0.25, 0.3) is 0 Å². The van der Waals surface area contributed by atoms with Crippen LogP contribution in [-0.2, 0) is 6.54 Å². The number of anilines is 1. The van der Waals surface area contributed by atoms with Crippen LogP contribution in [0.15, 0.2) is 41.0 Å². The maximum atomic E-state index is 6.00. The summed E-state index contributed by atoms with van der Waals surface area (Å²) in [5.74, 6) is 0.973. The van der Waals surface area contributed by atoms with Crippen molar-refractivity contribution in [2.45, 2.75) is 19.5 Å². The van der Waals surface area contributed by atoms with E-state index in [9.17, 15) is 0 Å². The van der Waals surface area contributed by atoms with Crippen LogP contribution >= 0.6 is 0 Å². The molecule has 4 nitrogen and oxygen atoms in total. The van der Waals surface area contributed by atoms with Gasteiger partial charge in [-0.05, 0) is 37.7 Å². The first kappa shape index (κ1) is 15.6. The van der Waals surface area contributed by atoms with E-state index in [1.807, 2.05) is 27.1 Å². The van der Waals surface area contributed by atoms with Crippen molar-refractivity contribution in [1.82, 2.24) is 4.90 Å². The number of nitrogens with two attached hydrogens (primary N) is 1. The summed E-state index contributed by atoms with van der Waals surface area (Å²) in [4.78, 5) is 4.36. The van der Waals surface area contributed by atoms with Crippen LogP contribution in [0.2, 0.25) is 0 Å². The molecule has 1 unspecified atom stereocenters. The van der Waals surface area contributed by atoms with E-state index in [0.717, 1.165) is 12.3 Å². The fraction of sp³-hybridized carbons (Fsp3) is 0.412. The molecule has 1 heterocycles. The van der Waals surface area contributed by atoms with Crippen molar-refractivity contribution in [3.63, 3.8) is 0 Å². The highest BCUT2D eigenvalue weighted by Gasteiger charge is 2.17. The molecule has 0 spiro atoms. The maximum absolute atomic E-state index is 6.00. The van der Waals surface area contributed by atoms with Gasteiger partial charge >= 0.3 is 0 Å². The highest BCUT2D eigenvalue weighted by molar-refractivity contribution is 5.46. The van der Waals surface area contributed by atoms with Gasteiger partial charge in [-0.2, -0.15) is 0 Å². The average Bonchev–Trinajstić information content (AvgIpc) is 2.85. The van der Waals surface area contributed by atoms with Crippen molar-refractivity contribution in [2.24, 2.45) is 5.73 Å². The zero-order chi connectivity index (χ0) is 15.4. The van der Waals surface area contributed by atoms with E-state index in [1.54, 1.807) is 6.26 Å². The second kappa shape index (κ2) is 6.78. The van der Waals surface area contributed by atoms with Crippen LogP contribution in [0.25, 0.3) is 0 Å². The van der Waals surface area contributed by atoms with Crippen molar-refractivity contribution >= 4 is 5.69 Å². The van der Waals surface area contributed by atoms with Crippen LogP contribution in [0.3, 0.4) is 0 Å². The smallest absolute Gasteiger partial charge is 0.105 e. The highest BCUT2D eigenvalue weighted by atomic mass is 16.3. The van der Waals surface area contributed by atoms with Crippen LogP contribution < -0.4 is 10.6 Å². The number of furan rings is 1. The van der Waals surface area contributed by atoms with Gasteiger partial charge < -0.3 is 15.1 Å². The Balaban J connectivity index is 2.13. The van der Waals surface area contributed by atoms with E-state index in [1.165, 1.54) is 16.8 Å². The number of likely N-dealkylation sites (N-methyl/N-ethyl adjacent to an activating group) is 1. The Morgan fingerprint density at radius 2 is 1.76 bits per heavy atom. The number of nitrogens with zero attached hydrogens (tertiary/aromatic N) is 2. The summed E-state index contributed by atoms with van der Waals surface area (Å²) >= 11 is 0. The molecule has 0 bridgehead atoms. The minimum atomic E-state index is 0.204. The standard InChI is InChI=1S/C17H25N3O/c1-13-15(9-10-21-13)12-20(4)17(11-18)14-5-7-16(8-6-14)19(2)3/h5-10,17H,11-12,18H2,1-4H3. The lowest BCUT2D eigenvalue weighted by Crippen LogP contribution is -2.30. The Kier molecular flexibility index (Phi) is 5.04. The summed E-state index contributed by atoms with van der Waals surface area (Å²) in [5, 5.41) is 0. The Labute approximate surface area is 127 Å². The normalized spacial score (nSPS) is 12.7. The molecule has 1 atom stereocenters. The van der Waals surface area contributed by atoms with Crippen molar-refractivity contribution in [3.05, 3.63) is 53.5 Å². The number of aryl methyl sites for hydroxylation is 1. The van der Waals surface area contributed by atoms with Crippen molar-refractivity contribution in [1.29, 1.82) is 0 Å². The first-order valence-corrected chi connectivity index (χ1v) is 7.23. The topological polar surface area (TPSA) is 45.6 Å². The molecule has 1 aromatic carbocycles. The fourth-order valence-corrected chi connectivity index (χ4v) is 2.52. The molecule has 0 fully saturated rings. The van der Waals surface area contributed by atoms with Gasteiger partial charge in [0.1, 0.15) is 5.76 Å². The van der Waals surface area contributed by atoms with Crippen LogP contribution in [-0.4, -0.2) is 32.6 Å². The van der Waals surface area contributed by atoms with E-state index in [4.69, 9.17) is 10.2 Å². The van der Waals surface area contributed by atoms with Crippen molar-refractivity contribution in [3.8, 4) is 0 Å². The zero-order valence-corrected chi connectivity index (χ0v) is 13.3. The molecule has 0 amide bonds. The Morgan fingerprint density at radius 3 is 2.24 bits per heavy atom. The van der Waals surface area contributed by atoms with Crippen molar-refractivity contribution < 1.29 is 4.42 Å². The van der Waals surface area contributed by atoms with Crippen LogP contribution in [0.4, 0.5) is 5.69 Å². The third kappa shape index (κ3) is 3.65. The second-order valence-electron chi connectivity index (χ2n) is 5.65. The Bertz CT molecular complexity index is 560. The maximum Gasteiger partial charge on any atom is 0.105 e. The summed E-state index contributed by atoms with van der Waals surface area (Å²) in [7, 11) is 6.19. The largest absolute Gasteiger partial charge is 0.469 e. The van der Waals surface area contributed by atoms with E-state index in [-0.39, 0.29) is 6.04 Å². The molecule has 0 aliphatic rings. The van der Waals surface area contributed by atoms with Crippen molar-refractivity contribution in [2.75, 3.05) is 32.6 Å². The third-order valence-electron chi connectivity index (χ3n) is 3.94. The average molecular weight is 287 g/mol. The SMILES string of the molecule is Cc1occc1CN(C)C(CN)c1ccc(N(C)C)cc1. The van der Waals surface area contributed by atoms with Gasteiger partial charge in [-0.15, -0.1) is 0 Å². The Morgan fingerprint density at radius 1 is 1.10 bits per heavy atom. The number of rotatable bonds is 6. The first-order valence-electron chi connectivity index (χ1n) is 7.23. The molecular formula is C17H25N3O. The molecule has 4 heteroatoms. The highest BCUT2D eigenvalue weighted by Crippen LogP contribution is 2.23. The minimum absolute atomic E-state index is 0.204. The number of hydrogen-bond donors (Lipinski definition) is 1. The summed E-state index contributed by atoms with van der Waals surface area (Å²) in [6.45, 7) is 3.42. The third-order valence-corrected chi connectivity index (χ3v) is 3.94. The molecule has 0 aliphatic heterocycles. The van der Waals surface area contributed by atoms with Crippen LogP contribution in [0.5, 0.6) is 0 Å². The van der Waals surface area contributed by atoms with E-state index < -0.39 is 0 Å². The molecule has 114 valence electrons. The molecular weight excluding hydrogens is 262 g/mol. The quantitative estimate of drug-likeness (QED) is 0.887. The molecule has 0 aliphatic carbocycles. The molecule has 0 radical (unpaired) electrons. The molecule has 0 saturated carbocycles. The van der Waals surface area contributed by atoms with Crippen LogP contribution in [0, 0.1) is 6.92 Å². The fourth-order valence-electron chi connectivity index (χ4n) is 2.52. The van der Waals surface area contributed by atoms with Gasteiger partial charge in [0.2, 0.25) is 0 Å². The van der Waals surface area contributed by atoms with Gasteiger partial charge in [-0.3, -0.25) is 4.90 Å². The summed E-state index contributed by atoms with van der Waals surface area (Å²) in [5.41, 5.74) is 9.64. The van der Waals surface area contributed by atoms with Gasteiger partial charge in [-0.25, -0.2) is 0 Å². The lowest BCUT2D eigenvalue weighted by Gasteiger charge is -2.27. The molecule has 2 N–H and O–H groups in total. The molecule has 21 heavy (non-hydrogen) atoms. The van der Waals surface area contributed by atoms with Crippen LogP contribution in [0.1, 0.15) is 22.9 Å². The lowest BCUT2D eigenvalue weighted by atomic mass is 10.0.